The maximum absolute atomic E-state index is 4.10. The molecule has 1 N–H and O–H groups in total. The molecule has 15 heavy (non-hydrogen) atoms. The zero-order valence-corrected chi connectivity index (χ0v) is 10.1. The maximum Gasteiger partial charge on any atom is 0.205 e. The molecule has 2 aromatic heterocycles. The second-order valence-electron chi connectivity index (χ2n) is 2.89. The Labute approximate surface area is 95.9 Å². The summed E-state index contributed by atoms with van der Waals surface area (Å²) in [5.41, 5.74) is 0. The van der Waals surface area contributed by atoms with E-state index in [1.165, 1.54) is 0 Å². The van der Waals surface area contributed by atoms with Crippen molar-refractivity contribution in [1.29, 1.82) is 0 Å². The monoisotopic (exact) mass is 241 g/mol. The van der Waals surface area contributed by atoms with Gasteiger partial charge in [0.15, 0.2) is 0 Å². The van der Waals surface area contributed by atoms with Gasteiger partial charge in [-0.15, -0.1) is 22.0 Å². The predicted molar refractivity (Wildman–Crippen MR) is 62.2 cm³/mol. The van der Waals surface area contributed by atoms with E-state index < -0.39 is 0 Å². The first-order chi connectivity index (χ1) is 7.28. The van der Waals surface area contributed by atoms with Crippen LogP contribution in [0.1, 0.15) is 5.01 Å². The molecule has 0 bridgehead atoms. The van der Waals surface area contributed by atoms with Crippen LogP contribution in [0, 0.1) is 0 Å². The molecule has 2 aromatic rings. The average Bonchev–Trinajstić information content (AvgIpc) is 2.83. The van der Waals surface area contributed by atoms with E-state index in [1.807, 2.05) is 26.5 Å². The number of thioether (sulfide) groups is 1. The Bertz CT molecular complexity index is 436. The summed E-state index contributed by atoms with van der Waals surface area (Å²) in [6.45, 7) is 0. The second kappa shape index (κ2) is 4.63. The van der Waals surface area contributed by atoms with E-state index in [1.54, 1.807) is 27.8 Å². The lowest BCUT2D eigenvalue weighted by atomic mass is 10.7. The van der Waals surface area contributed by atoms with Crippen molar-refractivity contribution in [3.8, 4) is 0 Å². The fourth-order valence-electron chi connectivity index (χ4n) is 1.03. The Morgan fingerprint density at radius 3 is 3.00 bits per heavy atom. The van der Waals surface area contributed by atoms with Gasteiger partial charge in [0.05, 0.1) is 11.9 Å². The minimum atomic E-state index is 0.838. The van der Waals surface area contributed by atoms with Crippen LogP contribution in [-0.4, -0.2) is 27.0 Å². The minimum Gasteiger partial charge on any atom is -0.363 e. The van der Waals surface area contributed by atoms with E-state index in [0.717, 1.165) is 20.8 Å². The van der Waals surface area contributed by atoms with Crippen LogP contribution in [0.25, 0.3) is 0 Å². The SMILES string of the molecule is CNc1nnc(CSc2cnn(C)c2)s1. The summed E-state index contributed by atoms with van der Waals surface area (Å²) in [6.07, 6.45) is 3.84. The van der Waals surface area contributed by atoms with E-state index in [4.69, 9.17) is 0 Å². The summed E-state index contributed by atoms with van der Waals surface area (Å²) < 4.78 is 1.79. The molecule has 0 saturated carbocycles. The summed E-state index contributed by atoms with van der Waals surface area (Å²) in [5, 5.41) is 17.0. The van der Waals surface area contributed by atoms with Gasteiger partial charge in [0.1, 0.15) is 5.01 Å². The van der Waals surface area contributed by atoms with Crippen molar-refractivity contribution in [2.75, 3.05) is 12.4 Å². The first-order valence-corrected chi connectivity index (χ1v) is 6.19. The first kappa shape index (κ1) is 10.4. The fraction of sp³-hybridized carbons (Fsp3) is 0.375. The molecule has 0 atom stereocenters. The highest BCUT2D eigenvalue weighted by atomic mass is 32.2. The van der Waals surface area contributed by atoms with Crippen molar-refractivity contribution >= 4 is 28.2 Å². The van der Waals surface area contributed by atoms with Gasteiger partial charge in [-0.25, -0.2) is 0 Å². The van der Waals surface area contributed by atoms with Gasteiger partial charge < -0.3 is 5.32 Å². The Morgan fingerprint density at radius 1 is 1.53 bits per heavy atom. The summed E-state index contributed by atoms with van der Waals surface area (Å²) >= 11 is 3.29. The Morgan fingerprint density at radius 2 is 2.40 bits per heavy atom. The lowest BCUT2D eigenvalue weighted by Gasteiger charge is -1.91. The molecule has 0 aromatic carbocycles. The molecule has 0 spiro atoms. The third-order valence-corrected chi connectivity index (χ3v) is 3.81. The predicted octanol–water partition coefficient (Wildman–Crippen LogP) is 1.61. The average molecular weight is 241 g/mol. The van der Waals surface area contributed by atoms with Gasteiger partial charge >= 0.3 is 0 Å². The summed E-state index contributed by atoms with van der Waals surface area (Å²) in [5.74, 6) is 0.838. The standard InChI is InChI=1S/C8H11N5S2/c1-9-8-12-11-7(15-8)5-14-6-3-10-13(2)4-6/h3-4H,5H2,1-2H3,(H,9,12). The van der Waals surface area contributed by atoms with Crippen molar-refractivity contribution in [3.05, 3.63) is 17.4 Å². The van der Waals surface area contributed by atoms with Gasteiger partial charge in [-0.3, -0.25) is 4.68 Å². The van der Waals surface area contributed by atoms with Crippen LogP contribution in [0.3, 0.4) is 0 Å². The van der Waals surface area contributed by atoms with E-state index in [2.05, 4.69) is 20.6 Å². The summed E-state index contributed by atoms with van der Waals surface area (Å²) in [4.78, 5) is 1.15. The highest BCUT2D eigenvalue weighted by Crippen LogP contribution is 2.24. The van der Waals surface area contributed by atoms with Crippen molar-refractivity contribution < 1.29 is 0 Å². The number of anilines is 1. The lowest BCUT2D eigenvalue weighted by Crippen LogP contribution is -1.84. The first-order valence-electron chi connectivity index (χ1n) is 4.39. The molecule has 0 aliphatic carbocycles. The van der Waals surface area contributed by atoms with Gasteiger partial charge in [0.25, 0.3) is 0 Å². The Balaban J connectivity index is 1.93. The normalized spacial score (nSPS) is 10.5. The maximum atomic E-state index is 4.10. The number of nitrogens with zero attached hydrogens (tertiary/aromatic N) is 4. The third kappa shape index (κ3) is 2.69. The molecule has 2 heterocycles. The van der Waals surface area contributed by atoms with Crippen molar-refractivity contribution in [2.24, 2.45) is 7.05 Å². The van der Waals surface area contributed by atoms with Crippen molar-refractivity contribution in [1.82, 2.24) is 20.0 Å². The van der Waals surface area contributed by atoms with Crippen LogP contribution in [-0.2, 0) is 12.8 Å². The number of nitrogens with one attached hydrogen (secondary N) is 1. The van der Waals surface area contributed by atoms with Gasteiger partial charge in [-0.05, 0) is 0 Å². The zero-order chi connectivity index (χ0) is 10.7. The highest BCUT2D eigenvalue weighted by molar-refractivity contribution is 7.98. The van der Waals surface area contributed by atoms with E-state index >= 15 is 0 Å². The smallest absolute Gasteiger partial charge is 0.205 e. The van der Waals surface area contributed by atoms with Gasteiger partial charge in [-0.1, -0.05) is 11.3 Å². The topological polar surface area (TPSA) is 55.6 Å². The number of aromatic nitrogens is 4. The van der Waals surface area contributed by atoms with E-state index in [9.17, 15) is 0 Å². The largest absolute Gasteiger partial charge is 0.363 e. The molecule has 0 fully saturated rings. The molecular weight excluding hydrogens is 230 g/mol. The fourth-order valence-corrected chi connectivity index (χ4v) is 2.63. The minimum absolute atomic E-state index is 0.838. The highest BCUT2D eigenvalue weighted by Gasteiger charge is 2.04. The molecular formula is C8H11N5S2. The van der Waals surface area contributed by atoms with Crippen molar-refractivity contribution in [3.63, 3.8) is 0 Å². The van der Waals surface area contributed by atoms with E-state index in [0.29, 0.717) is 0 Å². The molecule has 0 saturated heterocycles. The third-order valence-electron chi connectivity index (χ3n) is 1.72. The number of hydrogen-bond donors (Lipinski definition) is 1. The molecule has 0 aliphatic rings. The van der Waals surface area contributed by atoms with Crippen molar-refractivity contribution in [2.45, 2.75) is 10.6 Å². The quantitative estimate of drug-likeness (QED) is 0.824. The number of hydrogen-bond acceptors (Lipinski definition) is 6. The molecule has 0 amide bonds. The Kier molecular flexibility index (Phi) is 3.22. The van der Waals surface area contributed by atoms with E-state index in [-0.39, 0.29) is 0 Å². The summed E-state index contributed by atoms with van der Waals surface area (Å²) in [6, 6.07) is 0. The Hall–Kier alpha value is -1.08. The van der Waals surface area contributed by atoms with Crippen LogP contribution >= 0.6 is 23.1 Å². The molecule has 0 radical (unpaired) electrons. The van der Waals surface area contributed by atoms with Gasteiger partial charge in [-0.2, -0.15) is 5.10 Å². The van der Waals surface area contributed by atoms with Gasteiger partial charge in [0, 0.05) is 25.2 Å². The number of aryl methyl sites for hydroxylation is 1. The molecule has 0 unspecified atom stereocenters. The van der Waals surface area contributed by atoms with Crippen LogP contribution in [0.4, 0.5) is 5.13 Å². The number of rotatable bonds is 4. The van der Waals surface area contributed by atoms with Gasteiger partial charge in [0.2, 0.25) is 5.13 Å². The van der Waals surface area contributed by atoms with Crippen LogP contribution in [0.5, 0.6) is 0 Å². The molecule has 5 nitrogen and oxygen atoms in total. The summed E-state index contributed by atoms with van der Waals surface area (Å²) in [7, 11) is 3.76. The van der Waals surface area contributed by atoms with Crippen LogP contribution < -0.4 is 5.32 Å². The lowest BCUT2D eigenvalue weighted by molar-refractivity contribution is 0.766. The zero-order valence-electron chi connectivity index (χ0n) is 8.47. The molecule has 80 valence electrons. The van der Waals surface area contributed by atoms with Crippen LogP contribution in [0.2, 0.25) is 0 Å². The molecule has 0 aliphatic heterocycles. The molecule has 7 heteroatoms. The van der Waals surface area contributed by atoms with Crippen LogP contribution in [0.15, 0.2) is 17.3 Å². The molecule has 2 rings (SSSR count). The second-order valence-corrected chi connectivity index (χ2v) is 5.00.